The summed E-state index contributed by atoms with van der Waals surface area (Å²) in [7, 11) is 0. The first-order chi connectivity index (χ1) is 10.1. The highest BCUT2D eigenvalue weighted by molar-refractivity contribution is 7.10. The number of carboxylic acid groups (broad SMARTS) is 1. The van der Waals surface area contributed by atoms with Crippen LogP contribution < -0.4 is 11.1 Å². The van der Waals surface area contributed by atoms with Gasteiger partial charge in [-0.05, 0) is 35.6 Å². The smallest absolute Gasteiger partial charge is 0.335 e. The second kappa shape index (κ2) is 7.01. The van der Waals surface area contributed by atoms with Gasteiger partial charge in [-0.3, -0.25) is 4.79 Å². The van der Waals surface area contributed by atoms with Crippen LogP contribution in [0.5, 0.6) is 0 Å². The van der Waals surface area contributed by atoms with Crippen LogP contribution in [-0.4, -0.2) is 23.5 Å². The molecule has 0 radical (unpaired) electrons. The molecule has 1 aromatic carbocycles. The standard InChI is InChI=1S/C15H16N2O3S/c16-13(12-2-1-9-21-12)14(18)17-8-7-10-3-5-11(6-4-10)15(19)20/h1-6,9,13H,7-8,16H2,(H,17,18)(H,19,20). The molecule has 6 heteroatoms. The molecule has 1 amide bonds. The molecule has 2 aromatic rings. The van der Waals surface area contributed by atoms with E-state index in [1.54, 1.807) is 24.3 Å². The number of benzene rings is 1. The zero-order chi connectivity index (χ0) is 15.2. The van der Waals surface area contributed by atoms with Crippen molar-refractivity contribution in [1.29, 1.82) is 0 Å². The van der Waals surface area contributed by atoms with E-state index in [1.165, 1.54) is 11.3 Å². The van der Waals surface area contributed by atoms with E-state index in [9.17, 15) is 9.59 Å². The highest BCUT2D eigenvalue weighted by Gasteiger charge is 2.15. The third kappa shape index (κ3) is 4.14. The molecular weight excluding hydrogens is 288 g/mol. The minimum Gasteiger partial charge on any atom is -0.478 e. The lowest BCUT2D eigenvalue weighted by Gasteiger charge is -2.10. The molecule has 1 atom stereocenters. The minimum atomic E-state index is -0.947. The van der Waals surface area contributed by atoms with Gasteiger partial charge in [-0.15, -0.1) is 11.3 Å². The summed E-state index contributed by atoms with van der Waals surface area (Å²) in [6.07, 6.45) is 0.628. The Morgan fingerprint density at radius 1 is 1.24 bits per heavy atom. The second-order valence-corrected chi connectivity index (χ2v) is 5.52. The van der Waals surface area contributed by atoms with E-state index in [1.807, 2.05) is 17.5 Å². The van der Waals surface area contributed by atoms with Crippen LogP contribution in [0.3, 0.4) is 0 Å². The van der Waals surface area contributed by atoms with Crippen molar-refractivity contribution in [3.05, 3.63) is 57.8 Å². The molecule has 0 fully saturated rings. The fraction of sp³-hybridized carbons (Fsp3) is 0.200. The van der Waals surface area contributed by atoms with E-state index in [0.29, 0.717) is 13.0 Å². The largest absolute Gasteiger partial charge is 0.478 e. The van der Waals surface area contributed by atoms with Crippen molar-refractivity contribution >= 4 is 23.2 Å². The highest BCUT2D eigenvalue weighted by atomic mass is 32.1. The van der Waals surface area contributed by atoms with Crippen LogP contribution in [0.2, 0.25) is 0 Å². The zero-order valence-electron chi connectivity index (χ0n) is 11.3. The lowest BCUT2D eigenvalue weighted by atomic mass is 10.1. The molecular formula is C15H16N2O3S. The summed E-state index contributed by atoms with van der Waals surface area (Å²) in [6.45, 7) is 0.463. The number of rotatable bonds is 6. The normalized spacial score (nSPS) is 11.9. The van der Waals surface area contributed by atoms with E-state index >= 15 is 0 Å². The number of amides is 1. The number of hydrogen-bond donors (Lipinski definition) is 3. The third-order valence-electron chi connectivity index (χ3n) is 3.05. The Balaban J connectivity index is 1.81. The summed E-state index contributed by atoms with van der Waals surface area (Å²) in [5.74, 6) is -1.16. The summed E-state index contributed by atoms with van der Waals surface area (Å²) in [4.78, 5) is 23.4. The monoisotopic (exact) mass is 304 g/mol. The topological polar surface area (TPSA) is 92.4 Å². The Labute approximate surface area is 126 Å². The summed E-state index contributed by atoms with van der Waals surface area (Å²) < 4.78 is 0. The van der Waals surface area contributed by atoms with Gasteiger partial charge in [0.1, 0.15) is 6.04 Å². The zero-order valence-corrected chi connectivity index (χ0v) is 12.1. The molecule has 0 aliphatic heterocycles. The van der Waals surface area contributed by atoms with Gasteiger partial charge in [0.05, 0.1) is 5.56 Å². The van der Waals surface area contributed by atoms with Crippen LogP contribution in [-0.2, 0) is 11.2 Å². The second-order valence-electron chi connectivity index (χ2n) is 4.54. The molecule has 110 valence electrons. The van der Waals surface area contributed by atoms with Crippen molar-refractivity contribution in [1.82, 2.24) is 5.32 Å². The van der Waals surface area contributed by atoms with Crippen LogP contribution in [0.4, 0.5) is 0 Å². The Kier molecular flexibility index (Phi) is 5.08. The number of carboxylic acids is 1. The minimum absolute atomic E-state index is 0.209. The van der Waals surface area contributed by atoms with Gasteiger partial charge < -0.3 is 16.2 Å². The molecule has 1 unspecified atom stereocenters. The van der Waals surface area contributed by atoms with Crippen molar-refractivity contribution in [2.45, 2.75) is 12.5 Å². The number of thiophene rings is 1. The Morgan fingerprint density at radius 2 is 1.95 bits per heavy atom. The first-order valence-electron chi connectivity index (χ1n) is 6.47. The maximum Gasteiger partial charge on any atom is 0.335 e. The summed E-state index contributed by atoms with van der Waals surface area (Å²) >= 11 is 1.45. The fourth-order valence-electron chi connectivity index (χ4n) is 1.85. The van der Waals surface area contributed by atoms with E-state index in [-0.39, 0.29) is 11.5 Å². The maximum absolute atomic E-state index is 11.9. The fourth-order valence-corrected chi connectivity index (χ4v) is 2.58. The van der Waals surface area contributed by atoms with Gasteiger partial charge in [-0.25, -0.2) is 4.79 Å². The summed E-state index contributed by atoms with van der Waals surface area (Å²) in [5.41, 5.74) is 7.06. The van der Waals surface area contributed by atoms with Crippen molar-refractivity contribution in [3.63, 3.8) is 0 Å². The molecule has 0 saturated heterocycles. The predicted octanol–water partition coefficient (Wildman–Crippen LogP) is 1.80. The first kappa shape index (κ1) is 15.2. The van der Waals surface area contributed by atoms with Crippen molar-refractivity contribution in [2.75, 3.05) is 6.54 Å². The third-order valence-corrected chi connectivity index (χ3v) is 4.00. The molecule has 0 aliphatic carbocycles. The SMILES string of the molecule is NC(C(=O)NCCc1ccc(C(=O)O)cc1)c1cccs1. The average molecular weight is 304 g/mol. The molecule has 0 aliphatic rings. The van der Waals surface area contributed by atoms with E-state index in [2.05, 4.69) is 5.32 Å². The molecule has 1 aromatic heterocycles. The Hall–Kier alpha value is -2.18. The molecule has 0 bridgehead atoms. The number of aromatic carboxylic acids is 1. The summed E-state index contributed by atoms with van der Waals surface area (Å²) in [6, 6.07) is 9.65. The number of nitrogens with two attached hydrogens (primary N) is 1. The predicted molar refractivity (Wildman–Crippen MR) is 81.4 cm³/mol. The molecule has 1 heterocycles. The van der Waals surface area contributed by atoms with Crippen molar-refractivity contribution in [2.24, 2.45) is 5.73 Å². The number of nitrogens with one attached hydrogen (secondary N) is 1. The van der Waals surface area contributed by atoms with Gasteiger partial charge in [-0.1, -0.05) is 18.2 Å². The van der Waals surface area contributed by atoms with Gasteiger partial charge in [0.25, 0.3) is 0 Å². The summed E-state index contributed by atoms with van der Waals surface area (Å²) in [5, 5.41) is 13.5. The number of hydrogen-bond acceptors (Lipinski definition) is 4. The van der Waals surface area contributed by atoms with Crippen LogP contribution in [0.25, 0.3) is 0 Å². The number of carbonyl (C=O) groups excluding carboxylic acids is 1. The van der Waals surface area contributed by atoms with Crippen molar-refractivity contribution in [3.8, 4) is 0 Å². The Morgan fingerprint density at radius 3 is 2.52 bits per heavy atom. The lowest BCUT2D eigenvalue weighted by molar-refractivity contribution is -0.122. The average Bonchev–Trinajstić information content (AvgIpc) is 3.01. The molecule has 0 spiro atoms. The van der Waals surface area contributed by atoms with Gasteiger partial charge >= 0.3 is 5.97 Å². The van der Waals surface area contributed by atoms with E-state index < -0.39 is 12.0 Å². The van der Waals surface area contributed by atoms with Gasteiger partial charge in [-0.2, -0.15) is 0 Å². The highest BCUT2D eigenvalue weighted by Crippen LogP contribution is 2.16. The van der Waals surface area contributed by atoms with Gasteiger partial charge in [0.2, 0.25) is 5.91 Å². The van der Waals surface area contributed by atoms with E-state index in [4.69, 9.17) is 10.8 Å². The molecule has 2 rings (SSSR count). The molecule has 5 nitrogen and oxygen atoms in total. The van der Waals surface area contributed by atoms with Crippen molar-refractivity contribution < 1.29 is 14.7 Å². The molecule has 4 N–H and O–H groups in total. The van der Waals surface area contributed by atoms with Crippen LogP contribution >= 0.6 is 11.3 Å². The quantitative estimate of drug-likeness (QED) is 0.759. The molecule has 21 heavy (non-hydrogen) atoms. The van der Waals surface area contributed by atoms with Crippen LogP contribution in [0.1, 0.15) is 26.8 Å². The van der Waals surface area contributed by atoms with Crippen LogP contribution in [0, 0.1) is 0 Å². The van der Waals surface area contributed by atoms with Gasteiger partial charge in [0, 0.05) is 11.4 Å². The molecule has 0 saturated carbocycles. The lowest BCUT2D eigenvalue weighted by Crippen LogP contribution is -2.34. The maximum atomic E-state index is 11.9. The Bertz CT molecular complexity index is 608. The van der Waals surface area contributed by atoms with E-state index in [0.717, 1.165) is 10.4 Å². The van der Waals surface area contributed by atoms with Gasteiger partial charge in [0.15, 0.2) is 0 Å². The first-order valence-corrected chi connectivity index (χ1v) is 7.35. The number of carbonyl (C=O) groups is 2. The van der Waals surface area contributed by atoms with Crippen LogP contribution in [0.15, 0.2) is 41.8 Å².